The van der Waals surface area contributed by atoms with Gasteiger partial charge >= 0.3 is 0 Å². The first-order valence-electron chi connectivity index (χ1n) is 10.3. The minimum Gasteiger partial charge on any atom is -0.497 e. The molecule has 10 heteroatoms. The van der Waals surface area contributed by atoms with Gasteiger partial charge < -0.3 is 18.9 Å². The molecule has 0 radical (unpaired) electrons. The van der Waals surface area contributed by atoms with Crippen molar-refractivity contribution in [2.75, 3.05) is 28.4 Å². The van der Waals surface area contributed by atoms with Crippen LogP contribution in [0.3, 0.4) is 0 Å². The number of benzene rings is 3. The largest absolute Gasteiger partial charge is 0.497 e. The van der Waals surface area contributed by atoms with Gasteiger partial charge in [0, 0.05) is 33.2 Å². The Balaban J connectivity index is 1.95. The maximum atomic E-state index is 13.7. The Morgan fingerprint density at radius 1 is 0.829 bits per heavy atom. The van der Waals surface area contributed by atoms with Gasteiger partial charge in [-0.1, -0.05) is 15.9 Å². The van der Waals surface area contributed by atoms with Crippen molar-refractivity contribution in [1.82, 2.24) is 3.97 Å². The lowest BCUT2D eigenvalue weighted by atomic mass is 10.0. The van der Waals surface area contributed by atoms with Gasteiger partial charge in [0.15, 0.2) is 17.3 Å². The number of halogens is 1. The second kappa shape index (κ2) is 9.63. The van der Waals surface area contributed by atoms with Crippen LogP contribution in [0.4, 0.5) is 0 Å². The van der Waals surface area contributed by atoms with E-state index in [0.29, 0.717) is 33.9 Å². The zero-order valence-electron chi connectivity index (χ0n) is 19.4. The summed E-state index contributed by atoms with van der Waals surface area (Å²) >= 11 is 3.32. The van der Waals surface area contributed by atoms with Crippen LogP contribution in [0.5, 0.6) is 23.0 Å². The summed E-state index contributed by atoms with van der Waals surface area (Å²) in [7, 11) is 1.84. The molecule has 0 unspecified atom stereocenters. The second-order valence-electron chi connectivity index (χ2n) is 7.42. The van der Waals surface area contributed by atoms with Gasteiger partial charge in [-0.15, -0.1) is 0 Å². The number of aromatic nitrogens is 1. The molecule has 0 fully saturated rings. The molecule has 0 aliphatic heterocycles. The molecule has 0 atom stereocenters. The van der Waals surface area contributed by atoms with Gasteiger partial charge in [-0.25, -0.2) is 12.4 Å². The molecular formula is C25H22BrNO7S. The third-order valence-corrected chi connectivity index (χ3v) is 7.74. The van der Waals surface area contributed by atoms with E-state index in [-0.39, 0.29) is 16.0 Å². The summed E-state index contributed by atoms with van der Waals surface area (Å²) in [6, 6.07) is 14.2. The number of rotatable bonds is 8. The van der Waals surface area contributed by atoms with Gasteiger partial charge in [-0.2, -0.15) is 0 Å². The summed E-state index contributed by atoms with van der Waals surface area (Å²) in [5.74, 6) is 1.00. The molecule has 0 N–H and O–H groups in total. The van der Waals surface area contributed by atoms with Crippen LogP contribution in [-0.4, -0.2) is 46.6 Å². The smallest absolute Gasteiger partial charge is 0.268 e. The molecule has 0 aliphatic carbocycles. The van der Waals surface area contributed by atoms with Crippen molar-refractivity contribution in [1.29, 1.82) is 0 Å². The fraction of sp³-hybridized carbons (Fsp3) is 0.160. The Morgan fingerprint density at radius 2 is 1.46 bits per heavy atom. The fourth-order valence-electron chi connectivity index (χ4n) is 3.77. The van der Waals surface area contributed by atoms with Crippen molar-refractivity contribution >= 4 is 42.6 Å². The molecule has 0 spiro atoms. The molecule has 1 aromatic heterocycles. The summed E-state index contributed by atoms with van der Waals surface area (Å²) in [6.07, 6.45) is 1.33. The van der Waals surface area contributed by atoms with Crippen LogP contribution in [0.25, 0.3) is 10.9 Å². The number of nitrogens with zero attached hydrogens (tertiary/aromatic N) is 1. The van der Waals surface area contributed by atoms with Gasteiger partial charge in [-0.3, -0.25) is 4.79 Å². The summed E-state index contributed by atoms with van der Waals surface area (Å²) in [4.78, 5) is 13.8. The van der Waals surface area contributed by atoms with Crippen molar-refractivity contribution < 1.29 is 32.2 Å². The molecule has 4 rings (SSSR count). The Hall–Kier alpha value is -3.50. The first kappa shape index (κ1) is 24.6. The normalized spacial score (nSPS) is 11.3. The molecule has 35 heavy (non-hydrogen) atoms. The standard InChI is InChI=1S/C25H22BrNO7S/c1-31-17-7-10-19-20(24(28)15-11-22(32-2)25(34-4)23(12-15)33-3)14-27(21(19)13-17)35(29,30)18-8-5-16(26)6-9-18/h5-14H,1-4H3. The SMILES string of the molecule is COc1ccc2c(C(=O)c3cc(OC)c(OC)c(OC)c3)cn(S(=O)(=O)c3ccc(Br)cc3)c2c1. The van der Waals surface area contributed by atoms with Crippen LogP contribution in [0, 0.1) is 0 Å². The minimum atomic E-state index is -4.02. The lowest BCUT2D eigenvalue weighted by Crippen LogP contribution is -2.12. The maximum absolute atomic E-state index is 13.7. The lowest BCUT2D eigenvalue weighted by molar-refractivity contribution is 0.103. The fourth-order valence-corrected chi connectivity index (χ4v) is 5.40. The molecule has 1 heterocycles. The van der Waals surface area contributed by atoms with Gasteiger partial charge in [-0.05, 0) is 48.5 Å². The minimum absolute atomic E-state index is 0.0761. The van der Waals surface area contributed by atoms with Crippen molar-refractivity contribution in [3.8, 4) is 23.0 Å². The highest BCUT2D eigenvalue weighted by Crippen LogP contribution is 2.39. The summed E-state index contributed by atoms with van der Waals surface area (Å²) < 4.78 is 50.3. The molecule has 8 nitrogen and oxygen atoms in total. The predicted octanol–water partition coefficient (Wildman–Crippen LogP) is 4.91. The van der Waals surface area contributed by atoms with Gasteiger partial charge in [0.1, 0.15) is 5.75 Å². The Kier molecular flexibility index (Phi) is 6.77. The topological polar surface area (TPSA) is 93.1 Å². The van der Waals surface area contributed by atoms with Crippen LogP contribution < -0.4 is 18.9 Å². The van der Waals surface area contributed by atoms with E-state index in [4.69, 9.17) is 18.9 Å². The third kappa shape index (κ3) is 4.35. The number of ether oxygens (including phenoxy) is 4. The molecule has 4 aromatic rings. The van der Waals surface area contributed by atoms with E-state index in [0.717, 1.165) is 8.45 Å². The monoisotopic (exact) mass is 559 g/mol. The molecule has 182 valence electrons. The van der Waals surface area contributed by atoms with E-state index in [1.165, 1.54) is 58.9 Å². The Bertz CT molecular complexity index is 1500. The molecule has 0 bridgehead atoms. The summed E-state index contributed by atoms with van der Waals surface area (Å²) in [6.45, 7) is 0. The maximum Gasteiger partial charge on any atom is 0.268 e. The zero-order chi connectivity index (χ0) is 25.3. The van der Waals surface area contributed by atoms with E-state index in [1.54, 1.807) is 30.3 Å². The molecular weight excluding hydrogens is 538 g/mol. The zero-order valence-corrected chi connectivity index (χ0v) is 21.8. The van der Waals surface area contributed by atoms with Crippen LogP contribution in [0.15, 0.2) is 70.2 Å². The third-order valence-electron chi connectivity index (χ3n) is 5.52. The first-order chi connectivity index (χ1) is 16.7. The van der Waals surface area contributed by atoms with Gasteiger partial charge in [0.25, 0.3) is 10.0 Å². The van der Waals surface area contributed by atoms with Crippen molar-refractivity contribution in [2.24, 2.45) is 0 Å². The summed E-state index contributed by atoms with van der Waals surface area (Å²) in [5.41, 5.74) is 0.746. The molecule has 0 amide bonds. The number of ketones is 1. The Labute approximate surface area is 211 Å². The van der Waals surface area contributed by atoms with Gasteiger partial charge in [0.2, 0.25) is 5.75 Å². The number of fused-ring (bicyclic) bond motifs is 1. The van der Waals surface area contributed by atoms with E-state index >= 15 is 0 Å². The highest BCUT2D eigenvalue weighted by Gasteiger charge is 2.26. The van der Waals surface area contributed by atoms with Crippen LogP contribution in [-0.2, 0) is 10.0 Å². The van der Waals surface area contributed by atoms with Crippen molar-refractivity contribution in [2.45, 2.75) is 4.90 Å². The molecule has 3 aromatic carbocycles. The summed E-state index contributed by atoms with van der Waals surface area (Å²) in [5, 5.41) is 0.449. The molecule has 0 saturated carbocycles. The highest BCUT2D eigenvalue weighted by molar-refractivity contribution is 9.10. The van der Waals surface area contributed by atoms with Crippen LogP contribution >= 0.6 is 15.9 Å². The van der Waals surface area contributed by atoms with E-state index in [2.05, 4.69) is 15.9 Å². The number of carbonyl (C=O) groups is 1. The van der Waals surface area contributed by atoms with Crippen LogP contribution in [0.1, 0.15) is 15.9 Å². The lowest BCUT2D eigenvalue weighted by Gasteiger charge is -2.13. The number of carbonyl (C=O) groups excluding carboxylic acids is 1. The highest BCUT2D eigenvalue weighted by atomic mass is 79.9. The number of methoxy groups -OCH3 is 4. The number of hydrogen-bond donors (Lipinski definition) is 0. The second-order valence-corrected chi connectivity index (χ2v) is 10.2. The quantitative estimate of drug-likeness (QED) is 0.283. The Morgan fingerprint density at radius 3 is 2.00 bits per heavy atom. The predicted molar refractivity (Wildman–Crippen MR) is 135 cm³/mol. The van der Waals surface area contributed by atoms with E-state index in [1.807, 2.05) is 0 Å². The van der Waals surface area contributed by atoms with Crippen molar-refractivity contribution in [3.05, 3.63) is 76.4 Å². The molecule has 0 saturated heterocycles. The number of hydrogen-bond acceptors (Lipinski definition) is 7. The molecule has 0 aliphatic rings. The van der Waals surface area contributed by atoms with Crippen molar-refractivity contribution in [3.63, 3.8) is 0 Å². The average Bonchev–Trinajstić information content (AvgIpc) is 3.27. The van der Waals surface area contributed by atoms with E-state index < -0.39 is 15.8 Å². The van der Waals surface area contributed by atoms with Gasteiger partial charge in [0.05, 0.1) is 38.9 Å². The first-order valence-corrected chi connectivity index (χ1v) is 12.5. The average molecular weight is 560 g/mol. The van der Waals surface area contributed by atoms with E-state index in [9.17, 15) is 13.2 Å². The van der Waals surface area contributed by atoms with Crippen LogP contribution in [0.2, 0.25) is 0 Å².